The Morgan fingerprint density at radius 1 is 1.06 bits per heavy atom. The maximum Gasteiger partial charge on any atom is 0.0920 e. The molecule has 0 aliphatic rings. The number of nitrogens with zero attached hydrogens (tertiary/aromatic N) is 1. The highest BCUT2D eigenvalue weighted by atomic mass is 15.1. The van der Waals surface area contributed by atoms with E-state index in [9.17, 15) is 0 Å². The van der Waals surface area contributed by atoms with E-state index in [4.69, 9.17) is 11.1 Å². The molecule has 0 aromatic carbocycles. The molecule has 0 aliphatic heterocycles. The number of unbranched alkanes of at least 4 members (excludes halogenated alkanes) is 7. The molecule has 0 aromatic heterocycles. The van der Waals surface area contributed by atoms with Gasteiger partial charge in [-0.1, -0.05) is 51.9 Å². The molecule has 3 heteroatoms. The topological polar surface area (TPSA) is 53.1 Å². The van der Waals surface area contributed by atoms with Gasteiger partial charge in [0.15, 0.2) is 0 Å². The van der Waals surface area contributed by atoms with E-state index in [1.165, 1.54) is 51.4 Å². The van der Waals surface area contributed by atoms with Crippen molar-refractivity contribution in [2.24, 2.45) is 5.73 Å². The lowest BCUT2D eigenvalue weighted by atomic mass is 10.1. The van der Waals surface area contributed by atoms with E-state index in [0.717, 1.165) is 6.54 Å². The van der Waals surface area contributed by atoms with Crippen molar-refractivity contribution < 1.29 is 0 Å². The molecule has 0 aromatic rings. The molecule has 0 bridgehead atoms. The standard InChI is InChI=1S/C15H33N3/c1-4-5-6-7-8-9-10-11-12-18(3)14(2)13-15(16)17/h14H,4-13H2,1-3H3,(H3,16,17). The molecule has 108 valence electrons. The number of rotatable bonds is 12. The molecule has 1 atom stereocenters. The van der Waals surface area contributed by atoms with Crippen LogP contribution in [0.25, 0.3) is 0 Å². The summed E-state index contributed by atoms with van der Waals surface area (Å²) in [7, 11) is 2.13. The highest BCUT2D eigenvalue weighted by Gasteiger charge is 2.09. The van der Waals surface area contributed by atoms with E-state index >= 15 is 0 Å². The highest BCUT2D eigenvalue weighted by Crippen LogP contribution is 2.09. The first-order valence-electron chi connectivity index (χ1n) is 7.61. The third-order valence-electron chi connectivity index (χ3n) is 3.63. The predicted octanol–water partition coefficient (Wildman–Crippen LogP) is 3.77. The van der Waals surface area contributed by atoms with Gasteiger partial charge in [-0.15, -0.1) is 0 Å². The zero-order chi connectivity index (χ0) is 13.8. The van der Waals surface area contributed by atoms with Crippen LogP contribution >= 0.6 is 0 Å². The van der Waals surface area contributed by atoms with Crippen LogP contribution in [0.2, 0.25) is 0 Å². The average Bonchev–Trinajstić information content (AvgIpc) is 2.31. The molecule has 3 nitrogen and oxygen atoms in total. The van der Waals surface area contributed by atoms with Gasteiger partial charge in [-0.05, 0) is 26.9 Å². The largest absolute Gasteiger partial charge is 0.388 e. The molecule has 0 aliphatic carbocycles. The minimum Gasteiger partial charge on any atom is -0.388 e. The molecular formula is C15H33N3. The van der Waals surface area contributed by atoms with Crippen LogP contribution in [0.5, 0.6) is 0 Å². The van der Waals surface area contributed by atoms with Crippen molar-refractivity contribution in [2.45, 2.75) is 77.7 Å². The summed E-state index contributed by atoms with van der Waals surface area (Å²) in [4.78, 5) is 2.32. The Balaban J connectivity index is 3.34. The molecule has 3 N–H and O–H groups in total. The van der Waals surface area contributed by atoms with Crippen LogP contribution in [0.1, 0.15) is 71.6 Å². The summed E-state index contributed by atoms with van der Waals surface area (Å²) >= 11 is 0. The Bertz CT molecular complexity index is 204. The Hall–Kier alpha value is -0.570. The molecular weight excluding hydrogens is 222 g/mol. The molecule has 0 rings (SSSR count). The summed E-state index contributed by atoms with van der Waals surface area (Å²) < 4.78 is 0. The smallest absolute Gasteiger partial charge is 0.0920 e. The van der Waals surface area contributed by atoms with Gasteiger partial charge < -0.3 is 10.6 Å². The summed E-state index contributed by atoms with van der Waals surface area (Å²) in [6, 6.07) is 0.395. The Morgan fingerprint density at radius 3 is 2.06 bits per heavy atom. The molecule has 0 saturated heterocycles. The maximum absolute atomic E-state index is 7.29. The van der Waals surface area contributed by atoms with Gasteiger partial charge in [0.25, 0.3) is 0 Å². The van der Waals surface area contributed by atoms with Gasteiger partial charge in [-0.25, -0.2) is 0 Å². The van der Waals surface area contributed by atoms with Crippen molar-refractivity contribution in [1.82, 2.24) is 4.90 Å². The van der Waals surface area contributed by atoms with Gasteiger partial charge >= 0.3 is 0 Å². The van der Waals surface area contributed by atoms with E-state index in [-0.39, 0.29) is 0 Å². The highest BCUT2D eigenvalue weighted by molar-refractivity contribution is 5.77. The number of amidine groups is 1. The van der Waals surface area contributed by atoms with Crippen LogP contribution in [0.3, 0.4) is 0 Å². The molecule has 0 amide bonds. The zero-order valence-electron chi connectivity index (χ0n) is 12.7. The van der Waals surface area contributed by atoms with Crippen molar-refractivity contribution in [3.8, 4) is 0 Å². The fourth-order valence-corrected chi connectivity index (χ4v) is 2.19. The molecule has 0 radical (unpaired) electrons. The summed E-state index contributed by atoms with van der Waals surface area (Å²) in [6.45, 7) is 5.54. The summed E-state index contributed by atoms with van der Waals surface area (Å²) in [5.41, 5.74) is 5.42. The second kappa shape index (κ2) is 11.5. The monoisotopic (exact) mass is 255 g/mol. The van der Waals surface area contributed by atoms with E-state index in [1.54, 1.807) is 0 Å². The number of hydrogen-bond acceptors (Lipinski definition) is 2. The second-order valence-electron chi connectivity index (χ2n) is 5.53. The molecule has 0 fully saturated rings. The van der Waals surface area contributed by atoms with Crippen LogP contribution in [0, 0.1) is 5.41 Å². The van der Waals surface area contributed by atoms with Gasteiger partial charge in [0.1, 0.15) is 0 Å². The maximum atomic E-state index is 7.29. The van der Waals surface area contributed by atoms with Gasteiger partial charge in [-0.3, -0.25) is 5.41 Å². The Morgan fingerprint density at radius 2 is 1.56 bits per heavy atom. The Kier molecular flexibility index (Phi) is 11.2. The molecule has 18 heavy (non-hydrogen) atoms. The van der Waals surface area contributed by atoms with Crippen LogP contribution in [-0.2, 0) is 0 Å². The first-order valence-corrected chi connectivity index (χ1v) is 7.61. The summed E-state index contributed by atoms with van der Waals surface area (Å²) in [5.74, 6) is 0.297. The molecule has 1 unspecified atom stereocenters. The third kappa shape index (κ3) is 10.6. The summed E-state index contributed by atoms with van der Waals surface area (Å²) in [6.07, 6.45) is 11.6. The van der Waals surface area contributed by atoms with E-state index in [0.29, 0.717) is 18.3 Å². The first-order chi connectivity index (χ1) is 8.57. The van der Waals surface area contributed by atoms with Gasteiger partial charge in [0, 0.05) is 12.5 Å². The van der Waals surface area contributed by atoms with Crippen molar-refractivity contribution in [2.75, 3.05) is 13.6 Å². The zero-order valence-corrected chi connectivity index (χ0v) is 12.7. The van der Waals surface area contributed by atoms with E-state index < -0.39 is 0 Å². The number of nitrogens with two attached hydrogens (primary N) is 1. The lowest BCUT2D eigenvalue weighted by Gasteiger charge is -2.24. The molecule has 0 spiro atoms. The second-order valence-corrected chi connectivity index (χ2v) is 5.53. The van der Waals surface area contributed by atoms with Crippen molar-refractivity contribution in [3.63, 3.8) is 0 Å². The quantitative estimate of drug-likeness (QED) is 0.317. The van der Waals surface area contributed by atoms with Crippen LogP contribution in [-0.4, -0.2) is 30.4 Å². The van der Waals surface area contributed by atoms with Gasteiger partial charge in [0.05, 0.1) is 5.84 Å². The molecule has 0 saturated carbocycles. The van der Waals surface area contributed by atoms with Gasteiger partial charge in [-0.2, -0.15) is 0 Å². The lowest BCUT2D eigenvalue weighted by molar-refractivity contribution is 0.256. The minimum absolute atomic E-state index is 0.297. The van der Waals surface area contributed by atoms with Crippen LogP contribution in [0.4, 0.5) is 0 Å². The molecule has 0 heterocycles. The minimum atomic E-state index is 0.297. The number of nitrogens with one attached hydrogen (secondary N) is 1. The van der Waals surface area contributed by atoms with Crippen molar-refractivity contribution in [3.05, 3.63) is 0 Å². The first kappa shape index (κ1) is 17.4. The van der Waals surface area contributed by atoms with E-state index in [2.05, 4.69) is 25.8 Å². The lowest BCUT2D eigenvalue weighted by Crippen LogP contribution is -2.33. The van der Waals surface area contributed by atoms with Crippen LogP contribution in [0.15, 0.2) is 0 Å². The SMILES string of the molecule is CCCCCCCCCCN(C)C(C)CC(=N)N. The van der Waals surface area contributed by atoms with Crippen LogP contribution < -0.4 is 5.73 Å². The van der Waals surface area contributed by atoms with Crippen molar-refractivity contribution in [1.29, 1.82) is 5.41 Å². The number of hydrogen-bond donors (Lipinski definition) is 2. The van der Waals surface area contributed by atoms with Crippen molar-refractivity contribution >= 4 is 5.84 Å². The average molecular weight is 255 g/mol. The Labute approximate surface area is 114 Å². The predicted molar refractivity (Wildman–Crippen MR) is 81.2 cm³/mol. The summed E-state index contributed by atoms with van der Waals surface area (Å²) in [5, 5.41) is 7.29. The fraction of sp³-hybridized carbons (Fsp3) is 0.933. The fourth-order valence-electron chi connectivity index (χ4n) is 2.19. The normalized spacial score (nSPS) is 12.9. The van der Waals surface area contributed by atoms with E-state index in [1.807, 2.05) is 0 Å². The van der Waals surface area contributed by atoms with Gasteiger partial charge in [0.2, 0.25) is 0 Å². The third-order valence-corrected chi connectivity index (χ3v) is 3.63.